The van der Waals surface area contributed by atoms with Gasteiger partial charge in [-0.05, 0) is 37.1 Å². The molecule has 0 aliphatic heterocycles. The van der Waals surface area contributed by atoms with Crippen LogP contribution >= 0.6 is 0 Å². The molecule has 2 N–H and O–H groups in total. The van der Waals surface area contributed by atoms with E-state index in [0.717, 1.165) is 38.5 Å². The van der Waals surface area contributed by atoms with Gasteiger partial charge in [0, 0.05) is 28.7 Å². The van der Waals surface area contributed by atoms with Crippen LogP contribution in [0.1, 0.15) is 185 Å². The molecule has 0 aliphatic carbocycles. The van der Waals surface area contributed by atoms with Crippen molar-refractivity contribution in [2.75, 3.05) is 13.2 Å². The maximum atomic E-state index is 13.7. The van der Waals surface area contributed by atoms with Crippen molar-refractivity contribution < 1.29 is 29.3 Å². The van der Waals surface area contributed by atoms with Crippen LogP contribution in [-0.2, 0) is 6.42 Å². The van der Waals surface area contributed by atoms with Crippen LogP contribution in [0.4, 0.5) is 0 Å². The van der Waals surface area contributed by atoms with Crippen molar-refractivity contribution in [3.8, 4) is 23.0 Å². The summed E-state index contributed by atoms with van der Waals surface area (Å²) in [5, 5.41) is 23.7. The summed E-state index contributed by atoms with van der Waals surface area (Å²) in [5.74, 6) is -0.162. The van der Waals surface area contributed by atoms with Crippen molar-refractivity contribution in [1.82, 2.24) is 0 Å². The second kappa shape index (κ2) is 26.4. The molecule has 0 unspecified atom stereocenters. The van der Waals surface area contributed by atoms with E-state index in [1.54, 1.807) is 72.8 Å². The number of phenols is 2. The average molecular weight is 777 g/mol. The van der Waals surface area contributed by atoms with Crippen LogP contribution in [0.25, 0.3) is 0 Å². The average Bonchev–Trinajstić information content (AvgIpc) is 3.24. The van der Waals surface area contributed by atoms with Gasteiger partial charge in [0.05, 0.1) is 24.3 Å². The van der Waals surface area contributed by atoms with Gasteiger partial charge in [0.15, 0.2) is 11.6 Å². The Bertz CT molecular complexity index is 1620. The molecule has 57 heavy (non-hydrogen) atoms. The van der Waals surface area contributed by atoms with Gasteiger partial charge in [-0.15, -0.1) is 0 Å². The van der Waals surface area contributed by atoms with Gasteiger partial charge < -0.3 is 19.7 Å². The molecule has 4 aromatic carbocycles. The summed E-state index contributed by atoms with van der Waals surface area (Å²) in [6, 6.07) is 24.4. The Balaban J connectivity index is 1.54. The van der Waals surface area contributed by atoms with Gasteiger partial charge >= 0.3 is 0 Å². The highest BCUT2D eigenvalue weighted by molar-refractivity contribution is 6.12. The van der Waals surface area contributed by atoms with Gasteiger partial charge in [-0.25, -0.2) is 0 Å². The third kappa shape index (κ3) is 15.0. The van der Waals surface area contributed by atoms with E-state index in [2.05, 4.69) is 13.8 Å². The second-order valence-corrected chi connectivity index (χ2v) is 15.5. The minimum Gasteiger partial charge on any atom is -0.507 e. The van der Waals surface area contributed by atoms with Crippen molar-refractivity contribution in [1.29, 1.82) is 0 Å². The first-order valence-electron chi connectivity index (χ1n) is 22.1. The smallest absolute Gasteiger partial charge is 0.196 e. The van der Waals surface area contributed by atoms with E-state index >= 15 is 0 Å². The van der Waals surface area contributed by atoms with Crippen LogP contribution in [0.2, 0.25) is 0 Å². The lowest BCUT2D eigenvalue weighted by molar-refractivity contribution is 0.102. The number of ketones is 2. The Kier molecular flexibility index (Phi) is 20.9. The third-order valence-electron chi connectivity index (χ3n) is 10.9. The number of ether oxygens (including phenoxy) is 2. The fourth-order valence-corrected chi connectivity index (χ4v) is 7.42. The summed E-state index contributed by atoms with van der Waals surface area (Å²) in [5.41, 5.74) is 1.94. The quantitative estimate of drug-likeness (QED) is 0.0405. The number of carbonyl (C=O) groups is 2. The molecule has 6 nitrogen and oxygen atoms in total. The van der Waals surface area contributed by atoms with Crippen LogP contribution in [0.15, 0.2) is 84.9 Å². The number of unbranched alkanes of at least 4 members (excludes halogenated alkanes) is 18. The summed E-state index contributed by atoms with van der Waals surface area (Å²) >= 11 is 0. The minimum absolute atomic E-state index is 0.00971. The van der Waals surface area contributed by atoms with Gasteiger partial charge in [-0.2, -0.15) is 0 Å². The summed E-state index contributed by atoms with van der Waals surface area (Å²) in [6.45, 7) is 5.40. The molecule has 0 heterocycles. The summed E-state index contributed by atoms with van der Waals surface area (Å²) in [7, 11) is 0. The summed E-state index contributed by atoms with van der Waals surface area (Å²) in [6.07, 6.45) is 24.1. The maximum absolute atomic E-state index is 13.7. The third-order valence-corrected chi connectivity index (χ3v) is 10.9. The molecule has 6 heteroatoms. The lowest BCUT2D eigenvalue weighted by Crippen LogP contribution is -2.09. The number of phenolic OH excluding ortho intramolecular Hbond substituents is 2. The molecule has 4 rings (SSSR count). The Labute approximate surface area is 343 Å². The second-order valence-electron chi connectivity index (χ2n) is 15.5. The van der Waals surface area contributed by atoms with E-state index in [4.69, 9.17) is 9.47 Å². The van der Waals surface area contributed by atoms with Gasteiger partial charge in [-0.3, -0.25) is 9.59 Å². The molecule has 308 valence electrons. The number of rotatable bonds is 30. The van der Waals surface area contributed by atoms with E-state index in [0.29, 0.717) is 47.0 Å². The fourth-order valence-electron chi connectivity index (χ4n) is 7.42. The zero-order valence-corrected chi connectivity index (χ0v) is 34.9. The first-order valence-corrected chi connectivity index (χ1v) is 22.1. The number of hydrogen-bond acceptors (Lipinski definition) is 6. The molecule has 0 aliphatic rings. The molecular weight excluding hydrogens is 709 g/mol. The van der Waals surface area contributed by atoms with Crippen molar-refractivity contribution >= 4 is 11.6 Å². The highest BCUT2D eigenvalue weighted by Gasteiger charge is 2.25. The normalized spacial score (nSPS) is 11.1. The molecule has 0 amide bonds. The minimum atomic E-state index is -0.315. The van der Waals surface area contributed by atoms with Gasteiger partial charge in [-0.1, -0.05) is 190 Å². The zero-order chi connectivity index (χ0) is 40.5. The standard InChI is InChI=1S/C51H68O6/c1-3-5-7-9-11-13-15-17-19-27-37-56-46-35-33-42(48(52)40-29-23-21-24-30-40)50(54)44(46)39-45-47(57-38-28-20-18-16-14-12-10-8-6-4-2)36-34-43(51(45)55)49(53)41-31-25-22-26-32-41/h21-26,29-36,54-55H,3-20,27-28,37-39H2,1-2H3. The zero-order valence-electron chi connectivity index (χ0n) is 34.9. The predicted molar refractivity (Wildman–Crippen MR) is 233 cm³/mol. The van der Waals surface area contributed by atoms with E-state index < -0.39 is 0 Å². The molecular formula is C51H68O6. The van der Waals surface area contributed by atoms with Crippen LogP contribution in [-0.4, -0.2) is 35.0 Å². The number of aromatic hydroxyl groups is 2. The maximum Gasteiger partial charge on any atom is 0.196 e. The Morgan fingerprint density at radius 3 is 1.07 bits per heavy atom. The summed E-state index contributed by atoms with van der Waals surface area (Å²) in [4.78, 5) is 27.4. The van der Waals surface area contributed by atoms with E-state index in [9.17, 15) is 19.8 Å². The largest absolute Gasteiger partial charge is 0.507 e. The van der Waals surface area contributed by atoms with Crippen molar-refractivity contribution in [3.05, 3.63) is 118 Å². The molecule has 0 atom stereocenters. The summed E-state index contributed by atoms with van der Waals surface area (Å²) < 4.78 is 12.7. The lowest BCUT2D eigenvalue weighted by atomic mass is 9.93. The number of hydrogen-bond donors (Lipinski definition) is 2. The topological polar surface area (TPSA) is 93.1 Å². The Morgan fingerprint density at radius 1 is 0.421 bits per heavy atom. The van der Waals surface area contributed by atoms with Gasteiger partial charge in [0.2, 0.25) is 0 Å². The van der Waals surface area contributed by atoms with Gasteiger partial charge in [0.1, 0.15) is 23.0 Å². The van der Waals surface area contributed by atoms with Crippen molar-refractivity contribution in [2.45, 2.75) is 149 Å². The highest BCUT2D eigenvalue weighted by Crippen LogP contribution is 2.41. The molecule has 4 aromatic rings. The van der Waals surface area contributed by atoms with Gasteiger partial charge in [0.25, 0.3) is 0 Å². The van der Waals surface area contributed by atoms with E-state index in [-0.39, 0.29) is 40.6 Å². The van der Waals surface area contributed by atoms with E-state index in [1.807, 2.05) is 12.1 Å². The number of benzene rings is 4. The van der Waals surface area contributed by atoms with Crippen LogP contribution < -0.4 is 9.47 Å². The van der Waals surface area contributed by atoms with Crippen LogP contribution in [0, 0.1) is 0 Å². The lowest BCUT2D eigenvalue weighted by Gasteiger charge is -2.19. The molecule has 0 saturated heterocycles. The molecule has 0 radical (unpaired) electrons. The molecule has 0 saturated carbocycles. The Hall–Kier alpha value is -4.58. The highest BCUT2D eigenvalue weighted by atomic mass is 16.5. The van der Waals surface area contributed by atoms with Crippen LogP contribution in [0.3, 0.4) is 0 Å². The SMILES string of the molecule is CCCCCCCCCCCCOc1ccc(C(=O)c2ccccc2)c(O)c1Cc1c(OCCCCCCCCCCCC)ccc(C(=O)c2ccccc2)c1O. The molecule has 0 aromatic heterocycles. The Morgan fingerprint density at radius 2 is 0.737 bits per heavy atom. The molecule has 0 bridgehead atoms. The van der Waals surface area contributed by atoms with Crippen LogP contribution in [0.5, 0.6) is 23.0 Å². The first-order chi connectivity index (χ1) is 28.0. The first kappa shape index (κ1) is 45.1. The number of carbonyl (C=O) groups excluding carboxylic acids is 2. The predicted octanol–water partition coefficient (Wildman–Crippen LogP) is 13.7. The molecule has 0 spiro atoms. The monoisotopic (exact) mass is 777 g/mol. The van der Waals surface area contributed by atoms with Crippen molar-refractivity contribution in [2.24, 2.45) is 0 Å². The fraction of sp³-hybridized carbons (Fsp3) is 0.490. The van der Waals surface area contributed by atoms with E-state index in [1.165, 1.54) is 89.9 Å². The molecule has 0 fully saturated rings. The van der Waals surface area contributed by atoms with Crippen molar-refractivity contribution in [3.63, 3.8) is 0 Å².